The minimum absolute atomic E-state index is 0.0702. The largest absolute Gasteiger partial charge is 0.396 e. The van der Waals surface area contributed by atoms with E-state index in [4.69, 9.17) is 5.11 Å². The first-order valence-electron chi connectivity index (χ1n) is 8.49. The third-order valence-electron chi connectivity index (χ3n) is 4.49. The lowest BCUT2D eigenvalue weighted by Gasteiger charge is -2.11. The molecule has 5 nitrogen and oxygen atoms in total. The summed E-state index contributed by atoms with van der Waals surface area (Å²) < 4.78 is 0. The molecule has 2 aromatic carbocycles. The number of carbonyl (C=O) groups excluding carboxylic acids is 2. The number of nitrogens with one attached hydrogen (secondary N) is 2. The van der Waals surface area contributed by atoms with Gasteiger partial charge in [-0.3, -0.25) is 9.59 Å². The lowest BCUT2D eigenvalue weighted by atomic mass is 10.1. The van der Waals surface area contributed by atoms with Gasteiger partial charge in [0.25, 0.3) is 0 Å². The Hall–Kier alpha value is -2.66. The van der Waals surface area contributed by atoms with Crippen LogP contribution in [0, 0.1) is 5.92 Å². The zero-order valence-electron chi connectivity index (χ0n) is 14.2. The number of fused-ring (bicyclic) bond motifs is 3. The molecule has 0 spiro atoms. The van der Waals surface area contributed by atoms with Crippen LogP contribution in [-0.4, -0.2) is 30.1 Å². The molecular formula is C20H22N2O3. The molecule has 0 aliphatic heterocycles. The zero-order chi connectivity index (χ0) is 17.8. The summed E-state index contributed by atoms with van der Waals surface area (Å²) >= 11 is 0. The van der Waals surface area contributed by atoms with Gasteiger partial charge >= 0.3 is 11.8 Å². The summed E-state index contributed by atoms with van der Waals surface area (Å²) in [5.74, 6) is -1.21. The van der Waals surface area contributed by atoms with E-state index < -0.39 is 11.8 Å². The van der Waals surface area contributed by atoms with E-state index in [-0.39, 0.29) is 12.5 Å². The van der Waals surface area contributed by atoms with Crippen molar-refractivity contribution in [2.24, 2.45) is 5.92 Å². The highest BCUT2D eigenvalue weighted by molar-refractivity contribution is 6.39. The standard InChI is InChI=1S/C20H22N2O3/c1-13(8-9-23)12-21-19(24)20(25)22-16-6-7-18-15(11-16)10-14-4-2-3-5-17(14)18/h2-7,11,13,23H,8-10,12H2,1H3,(H,21,24)(H,22,25). The van der Waals surface area contributed by atoms with E-state index in [0.717, 1.165) is 12.0 Å². The minimum atomic E-state index is -0.674. The lowest BCUT2D eigenvalue weighted by Crippen LogP contribution is -2.37. The molecule has 0 aromatic heterocycles. The predicted molar refractivity (Wildman–Crippen MR) is 97.2 cm³/mol. The van der Waals surface area contributed by atoms with Gasteiger partial charge in [-0.05, 0) is 53.1 Å². The Bertz CT molecular complexity index is 801. The second kappa shape index (κ2) is 7.49. The summed E-state index contributed by atoms with van der Waals surface area (Å²) in [4.78, 5) is 23.9. The summed E-state index contributed by atoms with van der Waals surface area (Å²) in [6.45, 7) is 2.35. The van der Waals surface area contributed by atoms with Crippen molar-refractivity contribution >= 4 is 17.5 Å². The first-order valence-corrected chi connectivity index (χ1v) is 8.49. The highest BCUT2D eigenvalue weighted by Gasteiger charge is 2.19. The highest BCUT2D eigenvalue weighted by atomic mass is 16.3. The number of amides is 2. The summed E-state index contributed by atoms with van der Waals surface area (Å²) in [5.41, 5.74) is 5.45. The van der Waals surface area contributed by atoms with E-state index in [2.05, 4.69) is 22.8 Å². The number of carbonyl (C=O) groups is 2. The number of aliphatic hydroxyl groups is 1. The second-order valence-corrected chi connectivity index (χ2v) is 6.49. The van der Waals surface area contributed by atoms with E-state index in [1.54, 1.807) is 0 Å². The van der Waals surface area contributed by atoms with Crippen molar-refractivity contribution in [3.63, 3.8) is 0 Å². The molecule has 1 aliphatic rings. The molecule has 0 saturated heterocycles. The van der Waals surface area contributed by atoms with Crippen LogP contribution in [0.3, 0.4) is 0 Å². The summed E-state index contributed by atoms with van der Waals surface area (Å²) in [6, 6.07) is 14.0. The molecule has 0 heterocycles. The van der Waals surface area contributed by atoms with Crippen LogP contribution in [0.1, 0.15) is 24.5 Å². The Kier molecular flexibility index (Phi) is 5.14. The van der Waals surface area contributed by atoms with Crippen molar-refractivity contribution in [2.75, 3.05) is 18.5 Å². The second-order valence-electron chi connectivity index (χ2n) is 6.49. The fraction of sp³-hybridized carbons (Fsp3) is 0.300. The van der Waals surface area contributed by atoms with Crippen LogP contribution >= 0.6 is 0 Å². The fourth-order valence-corrected chi connectivity index (χ4v) is 3.08. The lowest BCUT2D eigenvalue weighted by molar-refractivity contribution is -0.136. The van der Waals surface area contributed by atoms with Gasteiger partial charge in [-0.1, -0.05) is 37.3 Å². The fourth-order valence-electron chi connectivity index (χ4n) is 3.08. The zero-order valence-corrected chi connectivity index (χ0v) is 14.2. The molecule has 5 heteroatoms. The summed E-state index contributed by atoms with van der Waals surface area (Å²) in [6.07, 6.45) is 1.42. The molecule has 25 heavy (non-hydrogen) atoms. The Morgan fingerprint density at radius 2 is 1.84 bits per heavy atom. The number of hydrogen-bond acceptors (Lipinski definition) is 3. The van der Waals surface area contributed by atoms with Crippen LogP contribution < -0.4 is 10.6 Å². The molecule has 0 radical (unpaired) electrons. The average molecular weight is 338 g/mol. The van der Waals surface area contributed by atoms with Crippen LogP contribution in [0.2, 0.25) is 0 Å². The molecule has 0 saturated carbocycles. The number of hydrogen-bond donors (Lipinski definition) is 3. The van der Waals surface area contributed by atoms with E-state index in [1.165, 1.54) is 16.7 Å². The molecular weight excluding hydrogens is 316 g/mol. The maximum atomic E-state index is 12.0. The molecule has 3 rings (SSSR count). The van der Waals surface area contributed by atoms with E-state index in [9.17, 15) is 9.59 Å². The molecule has 0 bridgehead atoms. The highest BCUT2D eigenvalue weighted by Crippen LogP contribution is 2.37. The Balaban J connectivity index is 1.62. The third kappa shape index (κ3) is 3.88. The Labute approximate surface area is 147 Å². The smallest absolute Gasteiger partial charge is 0.313 e. The quantitative estimate of drug-likeness (QED) is 0.625. The maximum absolute atomic E-state index is 12.0. The van der Waals surface area contributed by atoms with Crippen LogP contribution in [0.4, 0.5) is 5.69 Å². The van der Waals surface area contributed by atoms with Crippen molar-refractivity contribution in [3.05, 3.63) is 53.6 Å². The molecule has 1 unspecified atom stereocenters. The van der Waals surface area contributed by atoms with Crippen LogP contribution in [0.25, 0.3) is 11.1 Å². The predicted octanol–water partition coefficient (Wildman–Crippen LogP) is 2.33. The summed E-state index contributed by atoms with van der Waals surface area (Å²) in [7, 11) is 0. The Morgan fingerprint density at radius 3 is 2.64 bits per heavy atom. The topological polar surface area (TPSA) is 78.4 Å². The Morgan fingerprint density at radius 1 is 1.08 bits per heavy atom. The van der Waals surface area contributed by atoms with Gasteiger partial charge in [0, 0.05) is 18.8 Å². The molecule has 1 atom stereocenters. The van der Waals surface area contributed by atoms with Gasteiger partial charge in [-0.15, -0.1) is 0 Å². The van der Waals surface area contributed by atoms with Gasteiger partial charge in [0.05, 0.1) is 0 Å². The van der Waals surface area contributed by atoms with E-state index >= 15 is 0 Å². The van der Waals surface area contributed by atoms with Crippen LogP contribution in [0.15, 0.2) is 42.5 Å². The third-order valence-corrected chi connectivity index (χ3v) is 4.49. The van der Waals surface area contributed by atoms with Gasteiger partial charge in [-0.25, -0.2) is 0 Å². The van der Waals surface area contributed by atoms with Crippen molar-refractivity contribution in [1.29, 1.82) is 0 Å². The number of benzene rings is 2. The normalized spacial score (nSPS) is 12.9. The van der Waals surface area contributed by atoms with Crippen molar-refractivity contribution in [1.82, 2.24) is 5.32 Å². The molecule has 3 N–H and O–H groups in total. The molecule has 1 aliphatic carbocycles. The van der Waals surface area contributed by atoms with E-state index in [1.807, 2.05) is 37.3 Å². The van der Waals surface area contributed by atoms with E-state index in [0.29, 0.717) is 18.7 Å². The molecule has 130 valence electrons. The average Bonchev–Trinajstić information content (AvgIpc) is 2.97. The number of rotatable bonds is 5. The van der Waals surface area contributed by atoms with Crippen LogP contribution in [-0.2, 0) is 16.0 Å². The van der Waals surface area contributed by atoms with Gasteiger partial charge in [0.2, 0.25) is 0 Å². The summed E-state index contributed by atoms with van der Waals surface area (Å²) in [5, 5.41) is 14.1. The van der Waals surface area contributed by atoms with Crippen molar-refractivity contribution in [3.8, 4) is 11.1 Å². The number of anilines is 1. The first-order chi connectivity index (χ1) is 12.1. The molecule has 2 amide bonds. The van der Waals surface area contributed by atoms with Crippen molar-refractivity contribution in [2.45, 2.75) is 19.8 Å². The van der Waals surface area contributed by atoms with Gasteiger partial charge in [0.15, 0.2) is 0 Å². The number of aliphatic hydroxyl groups excluding tert-OH is 1. The molecule has 2 aromatic rings. The maximum Gasteiger partial charge on any atom is 0.313 e. The van der Waals surface area contributed by atoms with Gasteiger partial charge in [0.1, 0.15) is 0 Å². The van der Waals surface area contributed by atoms with Crippen LogP contribution in [0.5, 0.6) is 0 Å². The first kappa shape index (κ1) is 17.2. The SMILES string of the molecule is CC(CCO)CNC(=O)C(=O)Nc1ccc2c(c1)Cc1ccccc1-2. The van der Waals surface area contributed by atoms with Gasteiger partial charge < -0.3 is 15.7 Å². The van der Waals surface area contributed by atoms with Gasteiger partial charge in [-0.2, -0.15) is 0 Å². The van der Waals surface area contributed by atoms with Crippen molar-refractivity contribution < 1.29 is 14.7 Å². The minimum Gasteiger partial charge on any atom is -0.396 e. The molecule has 0 fully saturated rings. The monoisotopic (exact) mass is 338 g/mol.